The van der Waals surface area contributed by atoms with Gasteiger partial charge in [-0.2, -0.15) is 0 Å². The quantitative estimate of drug-likeness (QED) is 0.899. The van der Waals surface area contributed by atoms with Crippen LogP contribution in [-0.2, 0) is 4.79 Å². The van der Waals surface area contributed by atoms with Crippen molar-refractivity contribution >= 4 is 5.91 Å². The first-order chi connectivity index (χ1) is 11.3. The average molecular weight is 309 g/mol. The van der Waals surface area contributed by atoms with E-state index in [1.165, 1.54) is 24.8 Å². The second-order valence-electron chi connectivity index (χ2n) is 6.08. The molecule has 3 heteroatoms. The molecular formula is C20H23NO2. The molecule has 0 spiro atoms. The number of hydrogen-bond donors (Lipinski definition) is 1. The maximum atomic E-state index is 11.9. The standard InChI is InChI=1S/C20H23NO2/c22-20(21-18-9-5-2-6-10-18)15-23-19-13-11-17(12-14-19)16-7-3-1-4-8-16/h1,3-4,7-8,11-14,18H,2,5-6,9-10,15H2,(H,21,22). The topological polar surface area (TPSA) is 38.3 Å². The summed E-state index contributed by atoms with van der Waals surface area (Å²) in [4.78, 5) is 11.9. The van der Waals surface area contributed by atoms with Gasteiger partial charge in [0.1, 0.15) is 5.75 Å². The minimum atomic E-state index is -0.0240. The van der Waals surface area contributed by atoms with Crippen molar-refractivity contribution in [2.45, 2.75) is 38.1 Å². The number of rotatable bonds is 5. The Morgan fingerprint density at radius 2 is 1.57 bits per heavy atom. The van der Waals surface area contributed by atoms with E-state index in [1.807, 2.05) is 42.5 Å². The molecule has 2 aromatic rings. The van der Waals surface area contributed by atoms with Crippen molar-refractivity contribution in [1.29, 1.82) is 0 Å². The first-order valence-corrected chi connectivity index (χ1v) is 8.39. The number of amides is 1. The molecule has 0 aliphatic heterocycles. The number of ether oxygens (including phenoxy) is 1. The summed E-state index contributed by atoms with van der Waals surface area (Å²) in [5.74, 6) is 0.701. The Kier molecular flexibility index (Phi) is 5.30. The smallest absolute Gasteiger partial charge is 0.258 e. The lowest BCUT2D eigenvalue weighted by Crippen LogP contribution is -2.38. The van der Waals surface area contributed by atoms with Gasteiger partial charge in [0.2, 0.25) is 0 Å². The van der Waals surface area contributed by atoms with Gasteiger partial charge in [-0.1, -0.05) is 61.7 Å². The molecule has 2 aromatic carbocycles. The molecule has 0 atom stereocenters. The van der Waals surface area contributed by atoms with Crippen LogP contribution in [0.25, 0.3) is 11.1 Å². The van der Waals surface area contributed by atoms with Crippen LogP contribution in [0.3, 0.4) is 0 Å². The molecule has 1 saturated carbocycles. The number of carbonyl (C=O) groups is 1. The molecular weight excluding hydrogens is 286 g/mol. The zero-order chi connectivity index (χ0) is 15.9. The second-order valence-corrected chi connectivity index (χ2v) is 6.08. The van der Waals surface area contributed by atoms with Gasteiger partial charge >= 0.3 is 0 Å². The first kappa shape index (κ1) is 15.6. The van der Waals surface area contributed by atoms with Crippen LogP contribution >= 0.6 is 0 Å². The minimum absolute atomic E-state index is 0.0240. The molecule has 0 saturated heterocycles. The van der Waals surface area contributed by atoms with Gasteiger partial charge in [0.05, 0.1) is 0 Å². The van der Waals surface area contributed by atoms with Crippen molar-refractivity contribution in [2.24, 2.45) is 0 Å². The van der Waals surface area contributed by atoms with Crippen LogP contribution in [0.2, 0.25) is 0 Å². The maximum absolute atomic E-state index is 11.9. The van der Waals surface area contributed by atoms with Gasteiger partial charge in [0.15, 0.2) is 6.61 Å². The van der Waals surface area contributed by atoms with E-state index < -0.39 is 0 Å². The van der Waals surface area contributed by atoms with E-state index in [4.69, 9.17) is 4.74 Å². The van der Waals surface area contributed by atoms with E-state index in [-0.39, 0.29) is 12.5 Å². The highest BCUT2D eigenvalue weighted by Gasteiger charge is 2.15. The monoisotopic (exact) mass is 309 g/mol. The summed E-state index contributed by atoms with van der Waals surface area (Å²) in [5, 5.41) is 3.06. The molecule has 1 aliphatic rings. The van der Waals surface area contributed by atoms with Gasteiger partial charge in [-0.25, -0.2) is 0 Å². The molecule has 120 valence electrons. The first-order valence-electron chi connectivity index (χ1n) is 8.39. The largest absolute Gasteiger partial charge is 0.484 e. The summed E-state index contributed by atoms with van der Waals surface area (Å²) in [6.45, 7) is 0.0845. The minimum Gasteiger partial charge on any atom is -0.484 e. The van der Waals surface area contributed by atoms with Gasteiger partial charge in [-0.05, 0) is 36.1 Å². The molecule has 0 radical (unpaired) electrons. The van der Waals surface area contributed by atoms with Crippen molar-refractivity contribution in [3.05, 3.63) is 54.6 Å². The van der Waals surface area contributed by atoms with E-state index in [2.05, 4.69) is 17.4 Å². The third-order valence-electron chi connectivity index (χ3n) is 4.30. The Morgan fingerprint density at radius 1 is 0.913 bits per heavy atom. The lowest BCUT2D eigenvalue weighted by atomic mass is 9.95. The van der Waals surface area contributed by atoms with Crippen LogP contribution in [-0.4, -0.2) is 18.6 Å². The molecule has 3 rings (SSSR count). The van der Waals surface area contributed by atoms with Gasteiger partial charge in [0.25, 0.3) is 5.91 Å². The summed E-state index contributed by atoms with van der Waals surface area (Å²) in [6.07, 6.45) is 5.91. The number of carbonyl (C=O) groups excluding carboxylic acids is 1. The molecule has 23 heavy (non-hydrogen) atoms. The predicted octanol–water partition coefficient (Wildman–Crippen LogP) is 4.18. The SMILES string of the molecule is O=C(COc1ccc(-c2ccccc2)cc1)NC1CCCCC1. The summed E-state index contributed by atoms with van der Waals surface area (Å²) < 4.78 is 5.59. The summed E-state index contributed by atoms with van der Waals surface area (Å²) in [6, 6.07) is 18.4. The lowest BCUT2D eigenvalue weighted by molar-refractivity contribution is -0.124. The van der Waals surface area contributed by atoms with Gasteiger partial charge in [-0.15, -0.1) is 0 Å². The molecule has 1 N–H and O–H groups in total. The molecule has 0 unspecified atom stereocenters. The van der Waals surface area contributed by atoms with E-state index >= 15 is 0 Å². The molecule has 1 amide bonds. The molecule has 0 heterocycles. The predicted molar refractivity (Wildman–Crippen MR) is 92.4 cm³/mol. The van der Waals surface area contributed by atoms with Crippen LogP contribution < -0.4 is 10.1 Å². The van der Waals surface area contributed by atoms with E-state index in [9.17, 15) is 4.79 Å². The van der Waals surface area contributed by atoms with Crippen LogP contribution in [0.4, 0.5) is 0 Å². The maximum Gasteiger partial charge on any atom is 0.258 e. The Labute approximate surface area is 137 Å². The molecule has 1 aliphatic carbocycles. The fourth-order valence-electron chi connectivity index (χ4n) is 3.04. The Balaban J connectivity index is 1.49. The highest BCUT2D eigenvalue weighted by atomic mass is 16.5. The Bertz CT molecular complexity index is 616. The fourth-order valence-corrected chi connectivity index (χ4v) is 3.04. The van der Waals surface area contributed by atoms with E-state index in [1.54, 1.807) is 0 Å². The average Bonchev–Trinajstić information content (AvgIpc) is 2.62. The molecule has 0 aromatic heterocycles. The molecule has 3 nitrogen and oxygen atoms in total. The summed E-state index contributed by atoms with van der Waals surface area (Å²) in [7, 11) is 0. The van der Waals surface area contributed by atoms with Gasteiger partial charge < -0.3 is 10.1 Å². The highest BCUT2D eigenvalue weighted by molar-refractivity contribution is 5.77. The zero-order valence-corrected chi connectivity index (χ0v) is 13.3. The van der Waals surface area contributed by atoms with E-state index in [0.29, 0.717) is 6.04 Å². The van der Waals surface area contributed by atoms with Crippen molar-refractivity contribution in [3.8, 4) is 16.9 Å². The van der Waals surface area contributed by atoms with Crippen molar-refractivity contribution in [2.75, 3.05) is 6.61 Å². The Morgan fingerprint density at radius 3 is 2.26 bits per heavy atom. The van der Waals surface area contributed by atoms with Crippen molar-refractivity contribution < 1.29 is 9.53 Å². The van der Waals surface area contributed by atoms with Crippen LogP contribution in [0.15, 0.2) is 54.6 Å². The highest BCUT2D eigenvalue weighted by Crippen LogP contribution is 2.22. The number of nitrogens with one attached hydrogen (secondary N) is 1. The third-order valence-corrected chi connectivity index (χ3v) is 4.30. The Hall–Kier alpha value is -2.29. The number of benzene rings is 2. The van der Waals surface area contributed by atoms with Gasteiger partial charge in [0, 0.05) is 6.04 Å². The van der Waals surface area contributed by atoms with Crippen LogP contribution in [0.5, 0.6) is 5.75 Å². The fraction of sp³-hybridized carbons (Fsp3) is 0.350. The summed E-state index contributed by atoms with van der Waals surface area (Å²) >= 11 is 0. The van der Waals surface area contributed by atoms with Crippen LogP contribution in [0.1, 0.15) is 32.1 Å². The normalized spacial score (nSPS) is 15.1. The van der Waals surface area contributed by atoms with E-state index in [0.717, 1.165) is 24.2 Å². The van der Waals surface area contributed by atoms with Crippen LogP contribution in [0, 0.1) is 0 Å². The van der Waals surface area contributed by atoms with Crippen molar-refractivity contribution in [3.63, 3.8) is 0 Å². The van der Waals surface area contributed by atoms with Crippen molar-refractivity contribution in [1.82, 2.24) is 5.32 Å². The lowest BCUT2D eigenvalue weighted by Gasteiger charge is -2.22. The number of hydrogen-bond acceptors (Lipinski definition) is 2. The second kappa shape index (κ2) is 7.82. The molecule has 0 bridgehead atoms. The zero-order valence-electron chi connectivity index (χ0n) is 13.3. The third kappa shape index (κ3) is 4.59. The summed E-state index contributed by atoms with van der Waals surface area (Å²) in [5.41, 5.74) is 2.32. The molecule has 1 fully saturated rings. The van der Waals surface area contributed by atoms with Gasteiger partial charge in [-0.3, -0.25) is 4.79 Å².